The third-order valence-corrected chi connectivity index (χ3v) is 3.55. The van der Waals surface area contributed by atoms with Gasteiger partial charge in [-0.1, -0.05) is 0 Å². The van der Waals surface area contributed by atoms with Gasteiger partial charge in [0.25, 0.3) is 0 Å². The molecule has 0 unspecified atom stereocenters. The highest BCUT2D eigenvalue weighted by Gasteiger charge is 2.28. The summed E-state index contributed by atoms with van der Waals surface area (Å²) in [6.07, 6.45) is 2.24. The van der Waals surface area contributed by atoms with Crippen LogP contribution in [0.3, 0.4) is 0 Å². The molecule has 1 aromatic carbocycles. The molecule has 0 aliphatic heterocycles. The Morgan fingerprint density at radius 3 is 2.57 bits per heavy atom. The number of hydrogen-bond donors (Lipinski definition) is 2. The Morgan fingerprint density at radius 1 is 1.29 bits per heavy atom. The molecule has 1 heterocycles. The maximum Gasteiger partial charge on any atom is 0.145 e. The predicted octanol–water partition coefficient (Wildman–Crippen LogP) is 2.94. The van der Waals surface area contributed by atoms with E-state index >= 15 is 0 Å². The minimum atomic E-state index is -0.250. The minimum absolute atomic E-state index is 0.250. The van der Waals surface area contributed by atoms with Crippen LogP contribution in [0.4, 0.5) is 21.7 Å². The molecule has 2 aromatic rings. The second kappa shape index (κ2) is 5.65. The Hall–Kier alpha value is -2.21. The van der Waals surface area contributed by atoms with E-state index in [1.807, 2.05) is 11.8 Å². The first-order valence-corrected chi connectivity index (χ1v) is 7.10. The highest BCUT2D eigenvalue weighted by molar-refractivity contribution is 5.62. The number of anilines is 3. The van der Waals surface area contributed by atoms with E-state index in [1.165, 1.54) is 12.1 Å². The van der Waals surface area contributed by atoms with Crippen molar-refractivity contribution in [2.45, 2.75) is 25.7 Å². The molecule has 110 valence electrons. The number of benzene rings is 1. The van der Waals surface area contributed by atoms with E-state index in [2.05, 4.69) is 15.4 Å². The molecular formula is C15H18FN5. The molecule has 6 heteroatoms. The van der Waals surface area contributed by atoms with E-state index in [9.17, 15) is 4.39 Å². The fourth-order valence-electron chi connectivity index (χ4n) is 2.29. The molecule has 0 amide bonds. The largest absolute Gasteiger partial charge is 0.326 e. The van der Waals surface area contributed by atoms with Gasteiger partial charge >= 0.3 is 0 Å². The van der Waals surface area contributed by atoms with Gasteiger partial charge in [0, 0.05) is 24.2 Å². The van der Waals surface area contributed by atoms with Gasteiger partial charge in [-0.05, 0) is 44.0 Å². The van der Waals surface area contributed by atoms with Crippen molar-refractivity contribution >= 4 is 17.3 Å². The zero-order valence-corrected chi connectivity index (χ0v) is 11.9. The first-order valence-electron chi connectivity index (χ1n) is 7.10. The van der Waals surface area contributed by atoms with Crippen LogP contribution in [-0.4, -0.2) is 16.5 Å². The fourth-order valence-corrected chi connectivity index (χ4v) is 2.29. The molecule has 0 saturated heterocycles. The van der Waals surface area contributed by atoms with Crippen molar-refractivity contribution in [2.75, 3.05) is 16.9 Å². The molecule has 5 nitrogen and oxygen atoms in total. The predicted molar refractivity (Wildman–Crippen MR) is 80.9 cm³/mol. The number of halogens is 1. The van der Waals surface area contributed by atoms with Crippen LogP contribution in [0.5, 0.6) is 0 Å². The summed E-state index contributed by atoms with van der Waals surface area (Å²) in [6, 6.07) is 8.19. The first kappa shape index (κ1) is 13.8. The van der Waals surface area contributed by atoms with Crippen LogP contribution in [-0.2, 0) is 0 Å². The Balaban J connectivity index is 1.99. The molecule has 3 rings (SSSR count). The number of rotatable bonds is 5. The van der Waals surface area contributed by atoms with Crippen LogP contribution in [0.2, 0.25) is 0 Å². The normalized spacial score (nSPS) is 14.0. The van der Waals surface area contributed by atoms with Gasteiger partial charge < -0.3 is 10.3 Å². The van der Waals surface area contributed by atoms with Crippen molar-refractivity contribution in [3.8, 4) is 0 Å². The Morgan fingerprint density at radius 2 is 2.00 bits per heavy atom. The number of nitrogens with two attached hydrogens (primary N) is 1. The van der Waals surface area contributed by atoms with Crippen molar-refractivity contribution in [1.29, 1.82) is 0 Å². The van der Waals surface area contributed by atoms with E-state index in [-0.39, 0.29) is 5.82 Å². The summed E-state index contributed by atoms with van der Waals surface area (Å²) in [5, 5.41) is 0. The number of nitrogen functional groups attached to an aromatic ring is 1. The maximum absolute atomic E-state index is 13.1. The van der Waals surface area contributed by atoms with E-state index < -0.39 is 0 Å². The summed E-state index contributed by atoms with van der Waals surface area (Å²) < 4.78 is 13.1. The maximum atomic E-state index is 13.1. The average molecular weight is 287 g/mol. The molecule has 0 atom stereocenters. The van der Waals surface area contributed by atoms with Crippen LogP contribution in [0.1, 0.15) is 31.5 Å². The lowest BCUT2D eigenvalue weighted by Gasteiger charge is -2.23. The quantitative estimate of drug-likeness (QED) is 0.653. The Kier molecular flexibility index (Phi) is 3.70. The zero-order valence-electron chi connectivity index (χ0n) is 11.9. The van der Waals surface area contributed by atoms with Gasteiger partial charge in [0.2, 0.25) is 0 Å². The summed E-state index contributed by atoms with van der Waals surface area (Å²) in [4.78, 5) is 11.1. The van der Waals surface area contributed by atoms with Gasteiger partial charge in [0.1, 0.15) is 23.3 Å². The summed E-state index contributed by atoms with van der Waals surface area (Å²) in [7, 11) is 0. The smallest absolute Gasteiger partial charge is 0.145 e. The molecule has 1 aromatic heterocycles. The molecule has 0 radical (unpaired) electrons. The average Bonchev–Trinajstić information content (AvgIpc) is 3.34. The highest BCUT2D eigenvalue weighted by Crippen LogP contribution is 2.39. The highest BCUT2D eigenvalue weighted by atomic mass is 19.1. The van der Waals surface area contributed by atoms with Crippen molar-refractivity contribution in [2.24, 2.45) is 5.84 Å². The topological polar surface area (TPSA) is 67.1 Å². The molecule has 0 bridgehead atoms. The number of nitrogens with one attached hydrogen (secondary N) is 1. The van der Waals surface area contributed by atoms with Crippen LogP contribution < -0.4 is 16.2 Å². The molecular weight excluding hydrogens is 269 g/mol. The molecule has 3 N–H and O–H groups in total. The zero-order chi connectivity index (χ0) is 14.8. The van der Waals surface area contributed by atoms with Gasteiger partial charge in [-0.25, -0.2) is 20.2 Å². The summed E-state index contributed by atoms with van der Waals surface area (Å²) in [5.74, 6) is 7.88. The van der Waals surface area contributed by atoms with Gasteiger partial charge in [0.15, 0.2) is 0 Å². The molecule has 1 aliphatic carbocycles. The summed E-state index contributed by atoms with van der Waals surface area (Å²) in [6.45, 7) is 2.74. The van der Waals surface area contributed by atoms with Crippen LogP contribution in [0.25, 0.3) is 0 Å². The third kappa shape index (κ3) is 2.95. The van der Waals surface area contributed by atoms with E-state index in [0.29, 0.717) is 11.7 Å². The Labute approximate surface area is 123 Å². The summed E-state index contributed by atoms with van der Waals surface area (Å²) >= 11 is 0. The second-order valence-corrected chi connectivity index (χ2v) is 5.11. The van der Waals surface area contributed by atoms with Crippen molar-refractivity contribution < 1.29 is 4.39 Å². The third-order valence-electron chi connectivity index (χ3n) is 3.55. The van der Waals surface area contributed by atoms with Gasteiger partial charge in [-0.3, -0.25) is 0 Å². The number of hydrogen-bond acceptors (Lipinski definition) is 5. The van der Waals surface area contributed by atoms with Crippen molar-refractivity contribution in [3.63, 3.8) is 0 Å². The van der Waals surface area contributed by atoms with Crippen LogP contribution in [0, 0.1) is 5.82 Å². The number of aromatic nitrogens is 2. The second-order valence-electron chi connectivity index (χ2n) is 5.11. The molecule has 21 heavy (non-hydrogen) atoms. The lowest BCUT2D eigenvalue weighted by Crippen LogP contribution is -2.19. The van der Waals surface area contributed by atoms with Gasteiger partial charge in [-0.15, -0.1) is 0 Å². The Bertz CT molecular complexity index is 624. The standard InChI is InChI=1S/C15H18FN5/c1-2-21(12-7-5-11(16)6-8-12)14-9-13(20-17)18-15(19-14)10-3-4-10/h5-10H,2-4,17H2,1H3,(H,18,19,20). The van der Waals surface area contributed by atoms with Crippen LogP contribution in [0.15, 0.2) is 30.3 Å². The molecule has 1 fully saturated rings. The SMILES string of the molecule is CCN(c1ccc(F)cc1)c1cc(NN)nc(C2CC2)n1. The van der Waals surface area contributed by atoms with Gasteiger partial charge in [-0.2, -0.15) is 0 Å². The first-order chi connectivity index (χ1) is 10.2. The van der Waals surface area contributed by atoms with Crippen molar-refractivity contribution in [3.05, 3.63) is 42.0 Å². The van der Waals surface area contributed by atoms with Crippen LogP contribution >= 0.6 is 0 Å². The molecule has 0 spiro atoms. The molecule has 1 saturated carbocycles. The van der Waals surface area contributed by atoms with E-state index in [1.54, 1.807) is 18.2 Å². The number of nitrogens with zero attached hydrogens (tertiary/aromatic N) is 3. The van der Waals surface area contributed by atoms with E-state index in [4.69, 9.17) is 5.84 Å². The number of hydrazine groups is 1. The molecule has 1 aliphatic rings. The lowest BCUT2D eigenvalue weighted by molar-refractivity contribution is 0.627. The summed E-state index contributed by atoms with van der Waals surface area (Å²) in [5.41, 5.74) is 3.48. The monoisotopic (exact) mass is 287 g/mol. The lowest BCUT2D eigenvalue weighted by atomic mass is 10.2. The van der Waals surface area contributed by atoms with Gasteiger partial charge in [0.05, 0.1) is 0 Å². The van der Waals surface area contributed by atoms with Crippen molar-refractivity contribution in [1.82, 2.24) is 9.97 Å². The van der Waals surface area contributed by atoms with E-state index in [0.717, 1.165) is 36.7 Å². The minimum Gasteiger partial charge on any atom is -0.326 e. The fraction of sp³-hybridized carbons (Fsp3) is 0.333.